The highest BCUT2D eigenvalue weighted by atomic mass is 16.1. The number of rotatable bonds is 0. The number of aryl methyl sites for hydroxylation is 2. The van der Waals surface area contributed by atoms with E-state index in [2.05, 4.69) is 22.8 Å². The molecule has 0 unspecified atom stereocenters. The van der Waals surface area contributed by atoms with Crippen molar-refractivity contribution in [2.45, 2.75) is 32.2 Å². The van der Waals surface area contributed by atoms with Crippen molar-refractivity contribution < 1.29 is 4.79 Å². The van der Waals surface area contributed by atoms with Crippen molar-refractivity contribution in [2.24, 2.45) is 0 Å². The normalized spacial score (nSPS) is 18.1. The lowest BCUT2D eigenvalue weighted by Gasteiger charge is -2.13. The summed E-state index contributed by atoms with van der Waals surface area (Å²) in [5, 5.41) is 1.20. The number of fused-ring (bicyclic) bond motifs is 3. The molecule has 4 rings (SSSR count). The number of aromatic nitrogens is 1. The first kappa shape index (κ1) is 8.57. The molecule has 0 saturated heterocycles. The molecule has 0 amide bonds. The number of nitrogens with zero attached hydrogens (tertiary/aromatic N) is 1. The molecule has 0 bridgehead atoms. The summed E-state index contributed by atoms with van der Waals surface area (Å²) in [7, 11) is 0. The lowest BCUT2D eigenvalue weighted by Crippen LogP contribution is -2.12. The van der Waals surface area contributed by atoms with Crippen LogP contribution in [0.4, 0.5) is 0 Å². The summed E-state index contributed by atoms with van der Waals surface area (Å²) in [5.74, 6) is 0.351. The van der Waals surface area contributed by atoms with E-state index in [4.69, 9.17) is 0 Å². The number of carbonyl (C=O) groups excluding carboxylic acids is 1. The van der Waals surface area contributed by atoms with E-state index in [1.807, 2.05) is 0 Å². The van der Waals surface area contributed by atoms with Gasteiger partial charge in [-0.05, 0) is 24.8 Å². The molecule has 1 aliphatic carbocycles. The molecule has 1 aliphatic heterocycles. The minimum Gasteiger partial charge on any atom is -0.343 e. The van der Waals surface area contributed by atoms with E-state index in [1.54, 1.807) is 0 Å². The Morgan fingerprint density at radius 2 is 2.06 bits per heavy atom. The summed E-state index contributed by atoms with van der Waals surface area (Å²) in [6.07, 6.45) is 3.97. The maximum atomic E-state index is 12.0. The summed E-state index contributed by atoms with van der Waals surface area (Å²) in [5.41, 5.74) is 5.08. The molecule has 0 saturated carbocycles. The van der Waals surface area contributed by atoms with E-state index in [1.165, 1.54) is 22.2 Å². The van der Waals surface area contributed by atoms with Gasteiger partial charge in [0.05, 0.1) is 5.52 Å². The van der Waals surface area contributed by atoms with E-state index >= 15 is 0 Å². The van der Waals surface area contributed by atoms with Gasteiger partial charge < -0.3 is 4.57 Å². The van der Waals surface area contributed by atoms with Gasteiger partial charge in [-0.2, -0.15) is 0 Å². The van der Waals surface area contributed by atoms with E-state index < -0.39 is 0 Å². The minimum absolute atomic E-state index is 0.351. The molecule has 1 aromatic carbocycles. The van der Waals surface area contributed by atoms with Crippen LogP contribution in [0.1, 0.15) is 34.5 Å². The van der Waals surface area contributed by atoms with Crippen molar-refractivity contribution in [3.63, 3.8) is 0 Å². The fourth-order valence-corrected chi connectivity index (χ4v) is 3.33. The Labute approximate surface area is 93.9 Å². The molecule has 80 valence electrons. The van der Waals surface area contributed by atoms with Crippen molar-refractivity contribution in [2.75, 3.05) is 0 Å². The molecule has 1 aromatic heterocycles. The molecule has 0 radical (unpaired) electrons. The zero-order chi connectivity index (χ0) is 10.7. The van der Waals surface area contributed by atoms with E-state index in [-0.39, 0.29) is 0 Å². The van der Waals surface area contributed by atoms with Crippen LogP contribution in [0.25, 0.3) is 10.9 Å². The Hall–Kier alpha value is -1.57. The average Bonchev–Trinajstić information content (AvgIpc) is 2.85. The van der Waals surface area contributed by atoms with E-state index in [0.29, 0.717) is 5.78 Å². The third-order valence-corrected chi connectivity index (χ3v) is 3.97. The van der Waals surface area contributed by atoms with Crippen molar-refractivity contribution in [3.05, 3.63) is 35.0 Å². The van der Waals surface area contributed by atoms with Gasteiger partial charge in [-0.15, -0.1) is 0 Å². The summed E-state index contributed by atoms with van der Waals surface area (Å²) in [4.78, 5) is 12.0. The number of hydrogen-bond acceptors (Lipinski definition) is 1. The van der Waals surface area contributed by atoms with Crippen LogP contribution in [0.2, 0.25) is 0 Å². The van der Waals surface area contributed by atoms with Gasteiger partial charge in [0.25, 0.3) is 0 Å². The molecule has 2 aromatic rings. The van der Waals surface area contributed by atoms with Gasteiger partial charge in [0.15, 0.2) is 5.78 Å². The topological polar surface area (TPSA) is 22.0 Å². The van der Waals surface area contributed by atoms with Gasteiger partial charge in [-0.25, -0.2) is 0 Å². The fourth-order valence-electron chi connectivity index (χ4n) is 3.33. The Morgan fingerprint density at radius 1 is 1.12 bits per heavy atom. The highest BCUT2D eigenvalue weighted by Gasteiger charge is 2.28. The van der Waals surface area contributed by atoms with Gasteiger partial charge in [0.2, 0.25) is 0 Å². The number of carbonyl (C=O) groups is 1. The highest BCUT2D eigenvalue weighted by Crippen LogP contribution is 2.36. The second-order valence-corrected chi connectivity index (χ2v) is 4.81. The quantitative estimate of drug-likeness (QED) is 0.656. The van der Waals surface area contributed by atoms with Gasteiger partial charge >= 0.3 is 0 Å². The minimum atomic E-state index is 0.351. The first-order valence-corrected chi connectivity index (χ1v) is 6.02. The molecule has 0 fully saturated rings. The van der Waals surface area contributed by atoms with Crippen LogP contribution in [-0.4, -0.2) is 10.4 Å². The molecular weight excluding hydrogens is 198 g/mol. The number of para-hydroxylation sites is 1. The second kappa shape index (κ2) is 2.76. The van der Waals surface area contributed by atoms with Crippen molar-refractivity contribution in [1.82, 2.24) is 4.57 Å². The second-order valence-electron chi connectivity index (χ2n) is 4.81. The highest BCUT2D eigenvalue weighted by molar-refractivity contribution is 6.11. The van der Waals surface area contributed by atoms with Gasteiger partial charge in [0, 0.05) is 29.6 Å². The largest absolute Gasteiger partial charge is 0.343 e. The molecule has 2 heterocycles. The van der Waals surface area contributed by atoms with E-state index in [0.717, 1.165) is 37.8 Å². The molecule has 0 N–H and O–H groups in total. The Morgan fingerprint density at radius 3 is 3.00 bits per heavy atom. The van der Waals surface area contributed by atoms with Crippen molar-refractivity contribution in [1.29, 1.82) is 0 Å². The van der Waals surface area contributed by atoms with Crippen LogP contribution >= 0.6 is 0 Å². The fraction of sp³-hybridized carbons (Fsp3) is 0.357. The predicted molar refractivity (Wildman–Crippen MR) is 62.9 cm³/mol. The van der Waals surface area contributed by atoms with Crippen molar-refractivity contribution >= 4 is 16.7 Å². The van der Waals surface area contributed by atoms with Gasteiger partial charge in [-0.1, -0.05) is 18.2 Å². The number of benzene rings is 1. The summed E-state index contributed by atoms with van der Waals surface area (Å²) in [6, 6.07) is 6.40. The summed E-state index contributed by atoms with van der Waals surface area (Å²) < 4.78 is 2.39. The lowest BCUT2D eigenvalue weighted by atomic mass is 9.93. The molecule has 0 spiro atoms. The van der Waals surface area contributed by atoms with Crippen molar-refractivity contribution in [3.8, 4) is 0 Å². The molecule has 16 heavy (non-hydrogen) atoms. The van der Waals surface area contributed by atoms with Gasteiger partial charge in [-0.3, -0.25) is 4.79 Å². The Kier molecular flexibility index (Phi) is 1.48. The smallest absolute Gasteiger partial charge is 0.165 e. The summed E-state index contributed by atoms with van der Waals surface area (Å²) in [6.45, 7) is 1.07. The van der Waals surface area contributed by atoms with E-state index in [9.17, 15) is 4.79 Å². The number of ketones is 1. The zero-order valence-electron chi connectivity index (χ0n) is 9.12. The predicted octanol–water partition coefficient (Wildman–Crippen LogP) is 2.72. The summed E-state index contributed by atoms with van der Waals surface area (Å²) >= 11 is 0. The first-order valence-electron chi connectivity index (χ1n) is 6.02. The monoisotopic (exact) mass is 211 g/mol. The van der Waals surface area contributed by atoms with Crippen LogP contribution in [0.15, 0.2) is 18.2 Å². The molecule has 2 nitrogen and oxygen atoms in total. The number of Topliss-reactive ketones (excluding diaryl/α,β-unsaturated/α-hetero) is 1. The van der Waals surface area contributed by atoms with Crippen LogP contribution in [0.5, 0.6) is 0 Å². The SMILES string of the molecule is O=C1CCCc2c1c1cccc3c1n2CC3. The van der Waals surface area contributed by atoms with Crippen LogP contribution in [-0.2, 0) is 19.4 Å². The standard InChI is InChI=1S/C14H13NO/c16-12-6-2-5-11-13(12)10-4-1-3-9-7-8-15(11)14(9)10/h1,3-4H,2,5-8H2. The maximum Gasteiger partial charge on any atom is 0.165 e. The van der Waals surface area contributed by atoms with Crippen LogP contribution < -0.4 is 0 Å². The van der Waals surface area contributed by atoms with Crippen LogP contribution in [0, 0.1) is 0 Å². The average molecular weight is 211 g/mol. The molecular formula is C14H13NO. The Balaban J connectivity index is 2.21. The third kappa shape index (κ3) is 0.861. The first-order chi connectivity index (χ1) is 7.86. The van der Waals surface area contributed by atoms with Gasteiger partial charge in [0.1, 0.15) is 0 Å². The molecule has 0 atom stereocenters. The molecule has 2 aliphatic rings. The zero-order valence-corrected chi connectivity index (χ0v) is 9.12. The molecule has 2 heteroatoms. The maximum absolute atomic E-state index is 12.0. The number of hydrogen-bond donors (Lipinski definition) is 0. The lowest BCUT2D eigenvalue weighted by molar-refractivity contribution is 0.0973. The third-order valence-electron chi connectivity index (χ3n) is 3.97. The Bertz CT molecular complexity index is 621. The van der Waals surface area contributed by atoms with Crippen LogP contribution in [0.3, 0.4) is 0 Å².